The van der Waals surface area contributed by atoms with E-state index in [-0.39, 0.29) is 16.6 Å². The Morgan fingerprint density at radius 2 is 2.00 bits per heavy atom. The van der Waals surface area contributed by atoms with Crippen LogP contribution in [0.15, 0.2) is 23.4 Å². The predicted molar refractivity (Wildman–Crippen MR) is 77.6 cm³/mol. The van der Waals surface area contributed by atoms with Gasteiger partial charge in [-0.15, -0.1) is 0 Å². The van der Waals surface area contributed by atoms with Gasteiger partial charge in [-0.05, 0) is 43.7 Å². The molecule has 2 rings (SSSR count). The lowest BCUT2D eigenvalue weighted by atomic mass is 9.85. The number of carboxylic acid groups (broad SMARTS) is 1. The Labute approximate surface area is 124 Å². The fourth-order valence-electron chi connectivity index (χ4n) is 2.63. The lowest BCUT2D eigenvalue weighted by Crippen LogP contribution is -2.37. The van der Waals surface area contributed by atoms with Gasteiger partial charge in [0.2, 0.25) is 0 Å². The molecule has 1 aromatic rings. The largest absolute Gasteiger partial charge is 0.478 e. The quantitative estimate of drug-likeness (QED) is 0.867. The molecule has 1 saturated carbocycles. The van der Waals surface area contributed by atoms with Crippen LogP contribution in [-0.2, 0) is 10.0 Å². The normalized spacial score (nSPS) is 22.9. The van der Waals surface area contributed by atoms with Crippen LogP contribution >= 0.6 is 0 Å². The van der Waals surface area contributed by atoms with E-state index in [1.165, 1.54) is 12.1 Å². The van der Waals surface area contributed by atoms with E-state index in [1.807, 2.05) is 0 Å². The maximum Gasteiger partial charge on any atom is 0.337 e. The van der Waals surface area contributed by atoms with Gasteiger partial charge < -0.3 is 5.11 Å². The average Bonchev–Trinajstić information content (AvgIpc) is 2.48. The Hall–Kier alpha value is -1.47. The van der Waals surface area contributed by atoms with Crippen molar-refractivity contribution in [1.82, 2.24) is 9.71 Å². The number of hydrogen-bond donors (Lipinski definition) is 2. The first-order valence-corrected chi connectivity index (χ1v) is 8.62. The predicted octanol–water partition coefficient (Wildman–Crippen LogP) is 2.03. The summed E-state index contributed by atoms with van der Waals surface area (Å²) in [4.78, 5) is 14.5. The molecule has 0 bridgehead atoms. The Morgan fingerprint density at radius 1 is 1.33 bits per heavy atom. The topological polar surface area (TPSA) is 96.4 Å². The highest BCUT2D eigenvalue weighted by molar-refractivity contribution is 7.89. The summed E-state index contributed by atoms with van der Waals surface area (Å²) in [7, 11) is -3.68. The smallest absolute Gasteiger partial charge is 0.337 e. The first-order valence-electron chi connectivity index (χ1n) is 7.14. The molecule has 1 aromatic heterocycles. The minimum Gasteiger partial charge on any atom is -0.478 e. The van der Waals surface area contributed by atoms with Crippen LogP contribution in [0.25, 0.3) is 0 Å². The van der Waals surface area contributed by atoms with E-state index in [9.17, 15) is 13.2 Å². The number of sulfonamides is 1. The SMILES string of the molecule is CCC1CCC(NS(=O)(=O)c2ccc(C(=O)O)cn2)CC1. The van der Waals surface area contributed by atoms with Crippen LogP contribution in [0, 0.1) is 5.92 Å². The summed E-state index contributed by atoms with van der Waals surface area (Å²) in [5.41, 5.74) is -0.0302. The number of hydrogen-bond acceptors (Lipinski definition) is 4. The zero-order valence-corrected chi connectivity index (χ0v) is 12.8. The molecular formula is C14H20N2O4S. The van der Waals surface area contributed by atoms with Crippen molar-refractivity contribution in [3.8, 4) is 0 Å². The molecule has 2 N–H and O–H groups in total. The van der Waals surface area contributed by atoms with Gasteiger partial charge in [-0.25, -0.2) is 22.9 Å². The van der Waals surface area contributed by atoms with E-state index in [1.54, 1.807) is 0 Å². The van der Waals surface area contributed by atoms with Gasteiger partial charge in [0.15, 0.2) is 5.03 Å². The molecule has 6 nitrogen and oxygen atoms in total. The van der Waals surface area contributed by atoms with Crippen molar-refractivity contribution in [3.05, 3.63) is 23.9 Å². The standard InChI is InChI=1S/C14H20N2O4S/c1-2-10-3-6-12(7-4-10)16-21(19,20)13-8-5-11(9-15-13)14(17)18/h5,8-10,12,16H,2-4,6-7H2,1H3,(H,17,18). The molecule has 0 radical (unpaired) electrons. The van der Waals surface area contributed by atoms with Crippen LogP contribution in [0.5, 0.6) is 0 Å². The van der Waals surface area contributed by atoms with Crippen molar-refractivity contribution in [2.24, 2.45) is 5.92 Å². The maximum absolute atomic E-state index is 12.2. The maximum atomic E-state index is 12.2. The second kappa shape index (κ2) is 6.53. The van der Waals surface area contributed by atoms with E-state index in [2.05, 4.69) is 16.6 Å². The van der Waals surface area contributed by atoms with Crippen molar-refractivity contribution in [2.75, 3.05) is 0 Å². The fraction of sp³-hybridized carbons (Fsp3) is 0.571. The van der Waals surface area contributed by atoms with Crippen molar-refractivity contribution in [3.63, 3.8) is 0 Å². The number of aromatic nitrogens is 1. The molecule has 1 fully saturated rings. The number of pyridine rings is 1. The highest BCUT2D eigenvalue weighted by Gasteiger charge is 2.25. The molecule has 0 atom stereocenters. The van der Waals surface area contributed by atoms with E-state index >= 15 is 0 Å². The first-order chi connectivity index (χ1) is 9.92. The zero-order valence-electron chi connectivity index (χ0n) is 11.9. The number of rotatable bonds is 5. The van der Waals surface area contributed by atoms with Crippen molar-refractivity contribution >= 4 is 16.0 Å². The third kappa shape index (κ3) is 4.01. The molecule has 0 aliphatic heterocycles. The van der Waals surface area contributed by atoms with Gasteiger partial charge >= 0.3 is 5.97 Å². The minimum atomic E-state index is -3.68. The van der Waals surface area contributed by atoms with Crippen LogP contribution in [-0.4, -0.2) is 30.5 Å². The second-order valence-electron chi connectivity index (χ2n) is 5.44. The summed E-state index contributed by atoms with van der Waals surface area (Å²) >= 11 is 0. The monoisotopic (exact) mass is 312 g/mol. The molecule has 7 heteroatoms. The van der Waals surface area contributed by atoms with Crippen LogP contribution in [0.4, 0.5) is 0 Å². The van der Waals surface area contributed by atoms with Gasteiger partial charge in [0, 0.05) is 12.2 Å². The summed E-state index contributed by atoms with van der Waals surface area (Å²) < 4.78 is 27.1. The minimum absolute atomic E-state index is 0.0302. The van der Waals surface area contributed by atoms with E-state index < -0.39 is 16.0 Å². The molecule has 1 aliphatic rings. The number of nitrogens with zero attached hydrogens (tertiary/aromatic N) is 1. The van der Waals surface area contributed by atoms with Gasteiger partial charge in [0.1, 0.15) is 0 Å². The average molecular weight is 312 g/mol. The van der Waals surface area contributed by atoms with Gasteiger partial charge in [-0.3, -0.25) is 0 Å². The molecule has 0 saturated heterocycles. The molecule has 0 amide bonds. The molecule has 0 spiro atoms. The highest BCUT2D eigenvalue weighted by atomic mass is 32.2. The van der Waals surface area contributed by atoms with Crippen molar-refractivity contribution in [2.45, 2.75) is 50.1 Å². The summed E-state index contributed by atoms with van der Waals surface area (Å²) in [5.74, 6) is -0.434. The van der Waals surface area contributed by atoms with Gasteiger partial charge in [0.25, 0.3) is 10.0 Å². The van der Waals surface area contributed by atoms with E-state index in [0.29, 0.717) is 5.92 Å². The summed E-state index contributed by atoms with van der Waals surface area (Å²) in [6.07, 6.45) is 5.95. The molecule has 116 valence electrons. The number of nitrogens with one attached hydrogen (secondary N) is 1. The third-order valence-electron chi connectivity index (χ3n) is 4.00. The first kappa shape index (κ1) is 15.9. The molecule has 1 aliphatic carbocycles. The second-order valence-corrected chi connectivity index (χ2v) is 7.10. The van der Waals surface area contributed by atoms with Crippen molar-refractivity contribution in [1.29, 1.82) is 0 Å². The van der Waals surface area contributed by atoms with E-state index in [0.717, 1.165) is 38.3 Å². The summed E-state index contributed by atoms with van der Waals surface area (Å²) in [6, 6.07) is 2.42. The zero-order chi connectivity index (χ0) is 15.5. The highest BCUT2D eigenvalue weighted by Crippen LogP contribution is 2.27. The Kier molecular flexibility index (Phi) is 4.95. The summed E-state index contributed by atoms with van der Waals surface area (Å²) in [6.45, 7) is 2.16. The Morgan fingerprint density at radius 3 is 2.48 bits per heavy atom. The van der Waals surface area contributed by atoms with Crippen LogP contribution < -0.4 is 4.72 Å². The lowest BCUT2D eigenvalue weighted by Gasteiger charge is -2.28. The molecule has 21 heavy (non-hydrogen) atoms. The fourth-order valence-corrected chi connectivity index (χ4v) is 3.87. The van der Waals surface area contributed by atoms with Crippen LogP contribution in [0.1, 0.15) is 49.4 Å². The Bertz CT molecular complexity index is 590. The third-order valence-corrected chi connectivity index (χ3v) is 5.44. The Balaban J connectivity index is 2.03. The molecular weight excluding hydrogens is 292 g/mol. The lowest BCUT2D eigenvalue weighted by molar-refractivity contribution is 0.0696. The number of carboxylic acids is 1. The number of carbonyl (C=O) groups is 1. The van der Waals surface area contributed by atoms with Crippen LogP contribution in [0.3, 0.4) is 0 Å². The van der Waals surface area contributed by atoms with Gasteiger partial charge in [-0.1, -0.05) is 13.3 Å². The number of aromatic carboxylic acids is 1. The van der Waals surface area contributed by atoms with Gasteiger partial charge in [0.05, 0.1) is 5.56 Å². The van der Waals surface area contributed by atoms with E-state index in [4.69, 9.17) is 5.11 Å². The van der Waals surface area contributed by atoms with Crippen LogP contribution in [0.2, 0.25) is 0 Å². The van der Waals surface area contributed by atoms with Gasteiger partial charge in [-0.2, -0.15) is 0 Å². The van der Waals surface area contributed by atoms with Crippen molar-refractivity contribution < 1.29 is 18.3 Å². The molecule has 1 heterocycles. The molecule has 0 aromatic carbocycles. The molecule has 0 unspecified atom stereocenters. The summed E-state index contributed by atoms with van der Waals surface area (Å²) in [5, 5.41) is 8.65.